The predicted octanol–water partition coefficient (Wildman–Crippen LogP) is 4.48. The van der Waals surface area contributed by atoms with Gasteiger partial charge in [0.05, 0.1) is 4.90 Å². The van der Waals surface area contributed by atoms with Gasteiger partial charge in [-0.2, -0.15) is 0 Å². The van der Waals surface area contributed by atoms with Gasteiger partial charge in [0.15, 0.2) is 0 Å². The molecule has 0 saturated carbocycles. The summed E-state index contributed by atoms with van der Waals surface area (Å²) in [4.78, 5) is 26.7. The average Bonchev–Trinajstić information content (AvgIpc) is 3.20. The molecule has 0 spiro atoms. The number of benzene rings is 3. The summed E-state index contributed by atoms with van der Waals surface area (Å²) in [5.41, 5.74) is 3.90. The van der Waals surface area contributed by atoms with Gasteiger partial charge in [-0.3, -0.25) is 14.3 Å². The Balaban J connectivity index is 1.51. The number of carbonyl (C=O) groups excluding carboxylic acids is 2. The molecule has 1 aliphatic heterocycles. The van der Waals surface area contributed by atoms with Crippen LogP contribution in [0, 0.1) is 13.8 Å². The minimum Gasteiger partial charge on any atom is -0.338 e. The maximum atomic E-state index is 13.0. The van der Waals surface area contributed by atoms with E-state index in [4.69, 9.17) is 0 Å². The summed E-state index contributed by atoms with van der Waals surface area (Å²) < 4.78 is 28.3. The Morgan fingerprint density at radius 2 is 1.74 bits per heavy atom. The SMILES string of the molecule is Cc1ccc(NS(=O)(=O)c2ccc(C)c(C(=O)Nc3cccc(CN4CCCC4=O)c3)c2)cc1. The van der Waals surface area contributed by atoms with Crippen molar-refractivity contribution in [1.29, 1.82) is 0 Å². The summed E-state index contributed by atoms with van der Waals surface area (Å²) in [6, 6.07) is 18.8. The van der Waals surface area contributed by atoms with Crippen LogP contribution in [-0.4, -0.2) is 31.7 Å². The first-order valence-electron chi connectivity index (χ1n) is 11.1. The second kappa shape index (κ2) is 9.69. The van der Waals surface area contributed by atoms with E-state index in [1.54, 1.807) is 36.1 Å². The van der Waals surface area contributed by atoms with E-state index in [0.29, 0.717) is 29.9 Å². The Bertz CT molecular complexity index is 1330. The molecule has 3 aromatic rings. The second-order valence-corrected chi connectivity index (χ2v) is 10.2. The zero-order valence-corrected chi connectivity index (χ0v) is 20.0. The highest BCUT2D eigenvalue weighted by Crippen LogP contribution is 2.22. The highest BCUT2D eigenvalue weighted by atomic mass is 32.2. The molecule has 0 aliphatic carbocycles. The second-order valence-electron chi connectivity index (χ2n) is 8.52. The minimum absolute atomic E-state index is 0.00474. The summed E-state index contributed by atoms with van der Waals surface area (Å²) in [6.07, 6.45) is 1.44. The fourth-order valence-corrected chi connectivity index (χ4v) is 4.97. The summed E-state index contributed by atoms with van der Waals surface area (Å²) in [6.45, 7) is 4.92. The molecule has 1 fully saturated rings. The van der Waals surface area contributed by atoms with Crippen LogP contribution in [0.25, 0.3) is 0 Å². The molecule has 0 radical (unpaired) electrons. The van der Waals surface area contributed by atoms with E-state index in [9.17, 15) is 18.0 Å². The average molecular weight is 478 g/mol. The van der Waals surface area contributed by atoms with Crippen molar-refractivity contribution in [3.05, 3.63) is 89.0 Å². The lowest BCUT2D eigenvalue weighted by Gasteiger charge is -2.16. The third-order valence-electron chi connectivity index (χ3n) is 5.80. The van der Waals surface area contributed by atoms with Crippen LogP contribution in [-0.2, 0) is 21.4 Å². The number of carbonyl (C=O) groups is 2. The third kappa shape index (κ3) is 5.46. The maximum absolute atomic E-state index is 13.0. The van der Waals surface area contributed by atoms with E-state index >= 15 is 0 Å². The van der Waals surface area contributed by atoms with E-state index < -0.39 is 15.9 Å². The molecule has 7 nitrogen and oxygen atoms in total. The molecule has 3 aromatic carbocycles. The van der Waals surface area contributed by atoms with E-state index in [1.807, 2.05) is 37.3 Å². The Morgan fingerprint density at radius 3 is 2.44 bits per heavy atom. The lowest BCUT2D eigenvalue weighted by molar-refractivity contribution is -0.128. The molecular formula is C26H27N3O4S. The molecule has 34 heavy (non-hydrogen) atoms. The smallest absolute Gasteiger partial charge is 0.261 e. The van der Waals surface area contributed by atoms with Crippen molar-refractivity contribution in [1.82, 2.24) is 4.90 Å². The van der Waals surface area contributed by atoms with E-state index in [1.165, 1.54) is 12.1 Å². The van der Waals surface area contributed by atoms with E-state index in [0.717, 1.165) is 24.1 Å². The fraction of sp³-hybridized carbons (Fsp3) is 0.231. The molecular weight excluding hydrogens is 450 g/mol. The topological polar surface area (TPSA) is 95.6 Å². The highest BCUT2D eigenvalue weighted by molar-refractivity contribution is 7.92. The number of aryl methyl sites for hydroxylation is 2. The van der Waals surface area contributed by atoms with Gasteiger partial charge in [-0.25, -0.2) is 8.42 Å². The van der Waals surface area contributed by atoms with Gasteiger partial charge >= 0.3 is 0 Å². The summed E-state index contributed by atoms with van der Waals surface area (Å²) in [7, 11) is -3.86. The van der Waals surface area contributed by atoms with Gasteiger partial charge in [0, 0.05) is 36.4 Å². The van der Waals surface area contributed by atoms with Gasteiger partial charge in [-0.1, -0.05) is 35.9 Å². The van der Waals surface area contributed by atoms with Gasteiger partial charge < -0.3 is 10.2 Å². The van der Waals surface area contributed by atoms with Crippen LogP contribution in [0.1, 0.15) is 39.9 Å². The van der Waals surface area contributed by atoms with E-state index in [-0.39, 0.29) is 16.4 Å². The largest absolute Gasteiger partial charge is 0.338 e. The number of rotatable bonds is 7. The van der Waals surface area contributed by atoms with Crippen LogP contribution in [0.2, 0.25) is 0 Å². The Kier molecular flexibility index (Phi) is 6.70. The number of hydrogen-bond acceptors (Lipinski definition) is 4. The Morgan fingerprint density at radius 1 is 0.971 bits per heavy atom. The van der Waals surface area contributed by atoms with Crippen LogP contribution in [0.4, 0.5) is 11.4 Å². The molecule has 4 rings (SSSR count). The maximum Gasteiger partial charge on any atom is 0.261 e. The van der Waals surface area contributed by atoms with Gasteiger partial charge in [-0.15, -0.1) is 0 Å². The molecule has 0 bridgehead atoms. The standard InChI is InChI=1S/C26H27N3O4S/c1-18-8-11-21(12-9-18)28-34(32,33)23-13-10-19(2)24(16-23)26(31)27-22-6-3-5-20(15-22)17-29-14-4-7-25(29)30/h3,5-6,8-13,15-16,28H,4,7,14,17H2,1-2H3,(H,27,31). The molecule has 176 valence electrons. The molecule has 2 amide bonds. The number of nitrogens with zero attached hydrogens (tertiary/aromatic N) is 1. The number of hydrogen-bond donors (Lipinski definition) is 2. The number of sulfonamides is 1. The quantitative estimate of drug-likeness (QED) is 0.525. The zero-order valence-electron chi connectivity index (χ0n) is 19.2. The predicted molar refractivity (Wildman–Crippen MR) is 132 cm³/mol. The molecule has 1 saturated heterocycles. The van der Waals surface area contributed by atoms with Crippen molar-refractivity contribution in [2.75, 3.05) is 16.6 Å². The van der Waals surface area contributed by atoms with Crippen LogP contribution in [0.5, 0.6) is 0 Å². The normalized spacial score (nSPS) is 13.7. The number of amides is 2. The highest BCUT2D eigenvalue weighted by Gasteiger charge is 2.21. The Hall–Kier alpha value is -3.65. The monoisotopic (exact) mass is 477 g/mol. The van der Waals surface area contributed by atoms with Crippen molar-refractivity contribution in [3.63, 3.8) is 0 Å². The van der Waals surface area contributed by atoms with Crippen LogP contribution < -0.4 is 10.0 Å². The minimum atomic E-state index is -3.86. The van der Waals surface area contributed by atoms with E-state index in [2.05, 4.69) is 10.0 Å². The number of likely N-dealkylation sites (tertiary alicyclic amines) is 1. The first-order valence-corrected chi connectivity index (χ1v) is 12.6. The molecule has 8 heteroatoms. The number of anilines is 2. The van der Waals surface area contributed by atoms with Crippen molar-refractivity contribution in [3.8, 4) is 0 Å². The van der Waals surface area contributed by atoms with Gasteiger partial charge in [0.2, 0.25) is 5.91 Å². The van der Waals surface area contributed by atoms with Gasteiger partial charge in [0.1, 0.15) is 0 Å². The molecule has 1 heterocycles. The van der Waals surface area contributed by atoms with Crippen molar-refractivity contribution < 1.29 is 18.0 Å². The van der Waals surface area contributed by atoms with Crippen LogP contribution >= 0.6 is 0 Å². The van der Waals surface area contributed by atoms with Gasteiger partial charge in [-0.05, 0) is 67.8 Å². The fourth-order valence-electron chi connectivity index (χ4n) is 3.89. The van der Waals surface area contributed by atoms with Crippen LogP contribution in [0.15, 0.2) is 71.6 Å². The van der Waals surface area contributed by atoms with Gasteiger partial charge in [0.25, 0.3) is 15.9 Å². The van der Waals surface area contributed by atoms with Crippen molar-refractivity contribution in [2.45, 2.75) is 38.1 Å². The summed E-state index contributed by atoms with van der Waals surface area (Å²) >= 11 is 0. The molecule has 0 aromatic heterocycles. The molecule has 1 aliphatic rings. The molecule has 2 N–H and O–H groups in total. The first kappa shape index (κ1) is 23.5. The third-order valence-corrected chi connectivity index (χ3v) is 7.18. The van der Waals surface area contributed by atoms with Crippen molar-refractivity contribution in [2.24, 2.45) is 0 Å². The van der Waals surface area contributed by atoms with Crippen molar-refractivity contribution >= 4 is 33.2 Å². The summed E-state index contributed by atoms with van der Waals surface area (Å²) in [5, 5.41) is 2.85. The first-order chi connectivity index (χ1) is 16.2. The lowest BCUT2D eigenvalue weighted by atomic mass is 10.1. The molecule has 0 unspecified atom stereocenters. The zero-order chi connectivity index (χ0) is 24.3. The molecule has 0 atom stereocenters. The summed E-state index contributed by atoms with van der Waals surface area (Å²) in [5.74, 6) is -0.262. The Labute approximate surface area is 199 Å². The van der Waals surface area contributed by atoms with Crippen LogP contribution in [0.3, 0.4) is 0 Å². The lowest BCUT2D eigenvalue weighted by Crippen LogP contribution is -2.23. The number of nitrogens with one attached hydrogen (secondary N) is 2.